The molecule has 5 heteroatoms. The molecule has 1 aromatic heterocycles. The SMILES string of the molecule is CCC(=O)Nc1ccc2c(N3CCCC3COC)cc(C)nc2c1. The van der Waals surface area contributed by atoms with Crippen LogP contribution in [0.1, 0.15) is 31.9 Å². The third kappa shape index (κ3) is 3.36. The minimum atomic E-state index is 0.0157. The third-order valence-corrected chi connectivity index (χ3v) is 4.57. The van der Waals surface area contributed by atoms with Crippen LogP contribution in [0.4, 0.5) is 11.4 Å². The summed E-state index contributed by atoms with van der Waals surface area (Å²) in [6, 6.07) is 8.54. The summed E-state index contributed by atoms with van der Waals surface area (Å²) in [5.74, 6) is 0.0157. The first-order chi connectivity index (χ1) is 11.6. The van der Waals surface area contributed by atoms with Crippen LogP contribution in [-0.2, 0) is 9.53 Å². The number of pyridine rings is 1. The number of carbonyl (C=O) groups is 1. The zero-order chi connectivity index (χ0) is 17.1. The van der Waals surface area contributed by atoms with E-state index in [9.17, 15) is 4.79 Å². The van der Waals surface area contributed by atoms with Crippen LogP contribution in [0.3, 0.4) is 0 Å². The van der Waals surface area contributed by atoms with Crippen molar-refractivity contribution in [2.24, 2.45) is 0 Å². The number of carbonyl (C=O) groups excluding carboxylic acids is 1. The lowest BCUT2D eigenvalue weighted by molar-refractivity contribution is -0.115. The van der Waals surface area contributed by atoms with Crippen LogP contribution in [0.15, 0.2) is 24.3 Å². The molecule has 0 saturated carbocycles. The second kappa shape index (κ2) is 7.18. The van der Waals surface area contributed by atoms with Gasteiger partial charge in [-0.2, -0.15) is 0 Å². The molecule has 24 heavy (non-hydrogen) atoms. The number of nitrogens with zero attached hydrogens (tertiary/aromatic N) is 2. The van der Waals surface area contributed by atoms with Gasteiger partial charge < -0.3 is 15.0 Å². The van der Waals surface area contributed by atoms with Crippen LogP contribution in [0.5, 0.6) is 0 Å². The van der Waals surface area contributed by atoms with Crippen molar-refractivity contribution in [1.29, 1.82) is 0 Å². The van der Waals surface area contributed by atoms with Crippen molar-refractivity contribution in [2.45, 2.75) is 39.2 Å². The molecule has 0 bridgehead atoms. The summed E-state index contributed by atoms with van der Waals surface area (Å²) in [7, 11) is 1.76. The fraction of sp³-hybridized carbons (Fsp3) is 0.474. The van der Waals surface area contributed by atoms with Crippen molar-refractivity contribution in [3.8, 4) is 0 Å². The van der Waals surface area contributed by atoms with E-state index in [-0.39, 0.29) is 5.91 Å². The highest BCUT2D eigenvalue weighted by Crippen LogP contribution is 2.33. The summed E-state index contributed by atoms with van der Waals surface area (Å²) in [4.78, 5) is 18.7. The Morgan fingerprint density at radius 3 is 3.00 bits per heavy atom. The molecular formula is C19H25N3O2. The number of aryl methyl sites for hydroxylation is 1. The first kappa shape index (κ1) is 16.7. The average molecular weight is 327 g/mol. The molecule has 1 aliphatic heterocycles. The summed E-state index contributed by atoms with van der Waals surface area (Å²) < 4.78 is 5.39. The monoisotopic (exact) mass is 327 g/mol. The largest absolute Gasteiger partial charge is 0.383 e. The lowest BCUT2D eigenvalue weighted by Crippen LogP contribution is -2.33. The molecule has 128 valence electrons. The van der Waals surface area contributed by atoms with Gasteiger partial charge in [0.15, 0.2) is 0 Å². The molecule has 1 fully saturated rings. The van der Waals surface area contributed by atoms with E-state index in [1.165, 1.54) is 12.1 Å². The predicted molar refractivity (Wildman–Crippen MR) is 97.6 cm³/mol. The summed E-state index contributed by atoms with van der Waals surface area (Å²) >= 11 is 0. The van der Waals surface area contributed by atoms with Gasteiger partial charge in [-0.15, -0.1) is 0 Å². The van der Waals surface area contributed by atoms with Gasteiger partial charge in [-0.3, -0.25) is 9.78 Å². The van der Waals surface area contributed by atoms with Crippen molar-refractivity contribution < 1.29 is 9.53 Å². The molecule has 1 atom stereocenters. The Kier molecular flexibility index (Phi) is 5.00. The van der Waals surface area contributed by atoms with E-state index in [4.69, 9.17) is 4.74 Å². The maximum Gasteiger partial charge on any atom is 0.224 e. The molecule has 0 spiro atoms. The molecule has 0 aliphatic carbocycles. The average Bonchev–Trinajstić information content (AvgIpc) is 3.02. The first-order valence-electron chi connectivity index (χ1n) is 8.59. The number of methoxy groups -OCH3 is 1. The number of anilines is 2. The van der Waals surface area contributed by atoms with Gasteiger partial charge in [0.1, 0.15) is 0 Å². The highest BCUT2D eigenvalue weighted by molar-refractivity contribution is 5.97. The van der Waals surface area contributed by atoms with E-state index in [0.717, 1.165) is 41.9 Å². The molecule has 2 aromatic rings. The zero-order valence-corrected chi connectivity index (χ0v) is 14.6. The minimum absolute atomic E-state index is 0.0157. The number of fused-ring (bicyclic) bond motifs is 1. The summed E-state index contributed by atoms with van der Waals surface area (Å²) in [5, 5.41) is 4.03. The van der Waals surface area contributed by atoms with Gasteiger partial charge in [0.2, 0.25) is 5.91 Å². The van der Waals surface area contributed by atoms with Crippen molar-refractivity contribution in [2.75, 3.05) is 30.5 Å². The van der Waals surface area contributed by atoms with Crippen LogP contribution in [-0.4, -0.2) is 37.2 Å². The standard InChI is InChI=1S/C19H25N3O2/c1-4-19(23)21-14-7-8-16-17(11-14)20-13(2)10-18(16)22-9-5-6-15(22)12-24-3/h7-8,10-11,15H,4-6,9,12H2,1-3H3,(H,21,23). The number of hydrogen-bond donors (Lipinski definition) is 1. The number of amides is 1. The quantitative estimate of drug-likeness (QED) is 0.913. The van der Waals surface area contributed by atoms with Crippen LogP contribution in [0.25, 0.3) is 10.9 Å². The van der Waals surface area contributed by atoms with Gasteiger partial charge in [0, 0.05) is 42.5 Å². The Labute approximate surface area is 143 Å². The van der Waals surface area contributed by atoms with Crippen LogP contribution >= 0.6 is 0 Å². The number of nitrogens with one attached hydrogen (secondary N) is 1. The Bertz CT molecular complexity index is 745. The Morgan fingerprint density at radius 2 is 2.25 bits per heavy atom. The van der Waals surface area contributed by atoms with Crippen LogP contribution < -0.4 is 10.2 Å². The Balaban J connectivity index is 2.00. The van der Waals surface area contributed by atoms with Gasteiger partial charge in [0.25, 0.3) is 0 Å². The van der Waals surface area contributed by atoms with Gasteiger partial charge in [-0.1, -0.05) is 6.92 Å². The fourth-order valence-electron chi connectivity index (χ4n) is 3.42. The number of hydrogen-bond acceptors (Lipinski definition) is 4. The van der Waals surface area contributed by atoms with E-state index >= 15 is 0 Å². The smallest absolute Gasteiger partial charge is 0.224 e. The van der Waals surface area contributed by atoms with Crippen molar-refractivity contribution >= 4 is 28.2 Å². The topological polar surface area (TPSA) is 54.5 Å². The van der Waals surface area contributed by atoms with E-state index in [2.05, 4.69) is 27.3 Å². The number of rotatable bonds is 5. The molecule has 0 radical (unpaired) electrons. The Morgan fingerprint density at radius 1 is 1.42 bits per heavy atom. The molecular weight excluding hydrogens is 302 g/mol. The number of ether oxygens (including phenoxy) is 1. The lowest BCUT2D eigenvalue weighted by atomic mass is 10.1. The number of benzene rings is 1. The summed E-state index contributed by atoms with van der Waals surface area (Å²) in [6.07, 6.45) is 2.81. The molecule has 3 rings (SSSR count). The zero-order valence-electron chi connectivity index (χ0n) is 14.6. The van der Waals surface area contributed by atoms with E-state index in [1.807, 2.05) is 26.0 Å². The third-order valence-electron chi connectivity index (χ3n) is 4.57. The first-order valence-corrected chi connectivity index (χ1v) is 8.59. The molecule has 1 saturated heterocycles. The Hall–Kier alpha value is -2.14. The summed E-state index contributed by atoms with van der Waals surface area (Å²) in [6.45, 7) is 5.65. The minimum Gasteiger partial charge on any atom is -0.383 e. The number of aromatic nitrogens is 1. The normalized spacial score (nSPS) is 17.5. The summed E-state index contributed by atoms with van der Waals surface area (Å²) in [5.41, 5.74) is 3.92. The van der Waals surface area contributed by atoms with Crippen LogP contribution in [0.2, 0.25) is 0 Å². The van der Waals surface area contributed by atoms with Gasteiger partial charge in [-0.25, -0.2) is 0 Å². The van der Waals surface area contributed by atoms with E-state index < -0.39 is 0 Å². The lowest BCUT2D eigenvalue weighted by Gasteiger charge is -2.28. The molecule has 1 N–H and O–H groups in total. The second-order valence-corrected chi connectivity index (χ2v) is 6.36. The van der Waals surface area contributed by atoms with Crippen molar-refractivity contribution in [1.82, 2.24) is 4.98 Å². The van der Waals surface area contributed by atoms with Crippen molar-refractivity contribution in [3.05, 3.63) is 30.0 Å². The highest BCUT2D eigenvalue weighted by atomic mass is 16.5. The van der Waals surface area contributed by atoms with Crippen LogP contribution in [0, 0.1) is 6.92 Å². The molecule has 1 amide bonds. The molecule has 1 aromatic carbocycles. The second-order valence-electron chi connectivity index (χ2n) is 6.36. The molecule has 5 nitrogen and oxygen atoms in total. The highest BCUT2D eigenvalue weighted by Gasteiger charge is 2.26. The van der Waals surface area contributed by atoms with E-state index in [0.29, 0.717) is 12.5 Å². The van der Waals surface area contributed by atoms with Crippen molar-refractivity contribution in [3.63, 3.8) is 0 Å². The maximum atomic E-state index is 11.6. The molecule has 1 unspecified atom stereocenters. The van der Waals surface area contributed by atoms with Gasteiger partial charge in [-0.05, 0) is 44.0 Å². The fourth-order valence-corrected chi connectivity index (χ4v) is 3.42. The predicted octanol–water partition coefficient (Wildman–Crippen LogP) is 3.51. The maximum absolute atomic E-state index is 11.6. The van der Waals surface area contributed by atoms with Gasteiger partial charge in [0.05, 0.1) is 18.2 Å². The molecule has 1 aliphatic rings. The van der Waals surface area contributed by atoms with Gasteiger partial charge >= 0.3 is 0 Å². The molecule has 2 heterocycles. The van der Waals surface area contributed by atoms with E-state index in [1.54, 1.807) is 7.11 Å².